The lowest BCUT2D eigenvalue weighted by atomic mass is 10.2. The molecule has 0 atom stereocenters. The fourth-order valence-electron chi connectivity index (χ4n) is 2.31. The fraction of sp³-hybridized carbons (Fsp3) is 0.158. The van der Waals surface area contributed by atoms with Gasteiger partial charge in [0.25, 0.3) is 5.91 Å². The van der Waals surface area contributed by atoms with Crippen LogP contribution in [0.1, 0.15) is 23.0 Å². The second-order valence-electron chi connectivity index (χ2n) is 5.31. The summed E-state index contributed by atoms with van der Waals surface area (Å²) < 4.78 is 19.1. The molecular weight excluding hydrogens is 339 g/mol. The van der Waals surface area contributed by atoms with Crippen molar-refractivity contribution in [3.63, 3.8) is 0 Å². The molecule has 0 saturated heterocycles. The second kappa shape index (κ2) is 7.90. The number of benzene rings is 2. The first-order valence-electron chi connectivity index (χ1n) is 7.87. The predicted molar refractivity (Wildman–Crippen MR) is 96.3 cm³/mol. The van der Waals surface area contributed by atoms with Crippen molar-refractivity contribution in [2.75, 3.05) is 6.54 Å². The third kappa shape index (κ3) is 4.22. The Morgan fingerprint density at radius 3 is 2.88 bits per heavy atom. The number of para-hydroxylation sites is 1. The largest absolute Gasteiger partial charge is 0.488 e. The summed E-state index contributed by atoms with van der Waals surface area (Å²) in [5, 5.41) is 5.16. The smallest absolute Gasteiger partial charge is 0.270 e. The zero-order chi connectivity index (χ0) is 17.6. The number of hydrogen-bond acceptors (Lipinski definition) is 4. The summed E-state index contributed by atoms with van der Waals surface area (Å²) in [5.74, 6) is 0.160. The molecule has 3 aromatic rings. The predicted octanol–water partition coefficient (Wildman–Crippen LogP) is 4.28. The highest BCUT2D eigenvalue weighted by atomic mass is 32.1. The first-order valence-corrected chi connectivity index (χ1v) is 8.75. The zero-order valence-corrected chi connectivity index (χ0v) is 14.5. The maximum Gasteiger partial charge on any atom is 0.270 e. The topological polar surface area (TPSA) is 51.2 Å². The molecule has 0 saturated carbocycles. The first-order chi connectivity index (χ1) is 12.2. The van der Waals surface area contributed by atoms with Gasteiger partial charge in [0, 0.05) is 11.9 Å². The summed E-state index contributed by atoms with van der Waals surface area (Å²) >= 11 is 1.38. The number of thiazole rings is 1. The van der Waals surface area contributed by atoms with Crippen molar-refractivity contribution in [1.29, 1.82) is 0 Å². The summed E-state index contributed by atoms with van der Waals surface area (Å²) in [6.07, 6.45) is 0. The molecule has 3 rings (SSSR count). The summed E-state index contributed by atoms with van der Waals surface area (Å²) in [5.41, 5.74) is 1.94. The summed E-state index contributed by atoms with van der Waals surface area (Å²) in [4.78, 5) is 16.3. The molecule has 0 aliphatic rings. The highest BCUT2D eigenvalue weighted by Gasteiger charge is 2.14. The highest BCUT2D eigenvalue weighted by Crippen LogP contribution is 2.32. The number of hydrogen-bond donors (Lipinski definition) is 1. The van der Waals surface area contributed by atoms with Crippen molar-refractivity contribution >= 4 is 17.2 Å². The van der Waals surface area contributed by atoms with E-state index < -0.39 is 0 Å². The van der Waals surface area contributed by atoms with Gasteiger partial charge < -0.3 is 10.1 Å². The molecule has 1 aromatic heterocycles. The molecule has 0 unspecified atom stereocenters. The number of aromatic nitrogens is 1. The van der Waals surface area contributed by atoms with Crippen LogP contribution in [0.5, 0.6) is 5.75 Å². The van der Waals surface area contributed by atoms with Gasteiger partial charge in [-0.3, -0.25) is 4.79 Å². The van der Waals surface area contributed by atoms with E-state index in [1.54, 1.807) is 11.4 Å². The van der Waals surface area contributed by atoms with Gasteiger partial charge in [0.05, 0.1) is 5.56 Å². The zero-order valence-electron chi connectivity index (χ0n) is 13.7. The molecule has 6 heteroatoms. The van der Waals surface area contributed by atoms with Crippen LogP contribution in [0, 0.1) is 5.82 Å². The number of carbonyl (C=O) groups excluding carboxylic acids is 1. The molecule has 1 heterocycles. The van der Waals surface area contributed by atoms with Crippen molar-refractivity contribution < 1.29 is 13.9 Å². The van der Waals surface area contributed by atoms with Gasteiger partial charge >= 0.3 is 0 Å². The Balaban J connectivity index is 1.80. The van der Waals surface area contributed by atoms with Gasteiger partial charge in [0.2, 0.25) is 0 Å². The van der Waals surface area contributed by atoms with E-state index in [9.17, 15) is 9.18 Å². The van der Waals surface area contributed by atoms with Crippen LogP contribution in [0.25, 0.3) is 10.6 Å². The minimum Gasteiger partial charge on any atom is -0.488 e. The van der Waals surface area contributed by atoms with Crippen molar-refractivity contribution in [2.24, 2.45) is 0 Å². The lowest BCUT2D eigenvalue weighted by molar-refractivity contribution is 0.0951. The van der Waals surface area contributed by atoms with Crippen LogP contribution in [-0.4, -0.2) is 17.4 Å². The number of halogens is 1. The molecule has 2 aromatic carbocycles. The van der Waals surface area contributed by atoms with E-state index in [2.05, 4.69) is 10.3 Å². The number of ether oxygens (including phenoxy) is 1. The SMILES string of the molecule is CCNC(=O)c1csc(-c2ccccc2OCc2cccc(F)c2)n1. The number of rotatable bonds is 6. The van der Waals surface area contributed by atoms with E-state index in [0.717, 1.165) is 11.1 Å². The lowest BCUT2D eigenvalue weighted by Gasteiger charge is -2.10. The quantitative estimate of drug-likeness (QED) is 0.717. The summed E-state index contributed by atoms with van der Waals surface area (Å²) in [7, 11) is 0. The molecule has 0 fully saturated rings. The maximum absolute atomic E-state index is 13.3. The van der Waals surface area contributed by atoms with Crippen LogP contribution in [0.4, 0.5) is 4.39 Å². The molecule has 1 N–H and O–H groups in total. The van der Waals surface area contributed by atoms with Crippen LogP contribution < -0.4 is 10.1 Å². The van der Waals surface area contributed by atoms with Gasteiger partial charge in [0.1, 0.15) is 28.9 Å². The summed E-state index contributed by atoms with van der Waals surface area (Å²) in [6, 6.07) is 13.8. The average molecular weight is 356 g/mol. The lowest BCUT2D eigenvalue weighted by Crippen LogP contribution is -2.22. The van der Waals surface area contributed by atoms with Crippen LogP contribution in [-0.2, 0) is 6.61 Å². The van der Waals surface area contributed by atoms with Crippen LogP contribution in [0.2, 0.25) is 0 Å². The van der Waals surface area contributed by atoms with Crippen molar-refractivity contribution in [3.8, 4) is 16.3 Å². The van der Waals surface area contributed by atoms with E-state index in [0.29, 0.717) is 23.0 Å². The fourth-order valence-corrected chi connectivity index (χ4v) is 3.14. The van der Waals surface area contributed by atoms with Gasteiger partial charge in [-0.05, 0) is 36.8 Å². The van der Waals surface area contributed by atoms with Crippen LogP contribution in [0.3, 0.4) is 0 Å². The third-order valence-corrected chi connectivity index (χ3v) is 4.35. The van der Waals surface area contributed by atoms with E-state index in [-0.39, 0.29) is 18.3 Å². The van der Waals surface area contributed by atoms with E-state index in [1.165, 1.54) is 23.5 Å². The molecule has 0 aliphatic heterocycles. The third-order valence-electron chi connectivity index (χ3n) is 3.47. The monoisotopic (exact) mass is 356 g/mol. The number of nitrogens with one attached hydrogen (secondary N) is 1. The Kier molecular flexibility index (Phi) is 5.40. The molecule has 128 valence electrons. The standard InChI is InChI=1S/C19H17FN2O2S/c1-2-21-18(23)16-12-25-19(22-16)15-8-3-4-9-17(15)24-11-13-6-5-7-14(20)10-13/h3-10,12H,2,11H2,1H3,(H,21,23). The minimum absolute atomic E-state index is 0.192. The second-order valence-corrected chi connectivity index (χ2v) is 6.17. The van der Waals surface area contributed by atoms with Gasteiger partial charge in [-0.15, -0.1) is 11.3 Å². The Labute approximate surface area is 149 Å². The molecule has 4 nitrogen and oxygen atoms in total. The summed E-state index contributed by atoms with van der Waals surface area (Å²) in [6.45, 7) is 2.67. The highest BCUT2D eigenvalue weighted by molar-refractivity contribution is 7.13. The van der Waals surface area contributed by atoms with Crippen LogP contribution in [0.15, 0.2) is 53.9 Å². The molecular formula is C19H17FN2O2S. The maximum atomic E-state index is 13.3. The number of amides is 1. The normalized spacial score (nSPS) is 10.5. The Hall–Kier alpha value is -2.73. The van der Waals surface area contributed by atoms with E-state index >= 15 is 0 Å². The molecule has 25 heavy (non-hydrogen) atoms. The van der Waals surface area contributed by atoms with Crippen molar-refractivity contribution in [2.45, 2.75) is 13.5 Å². The number of nitrogens with zero attached hydrogens (tertiary/aromatic N) is 1. The molecule has 0 aliphatic carbocycles. The Bertz CT molecular complexity index is 879. The van der Waals surface area contributed by atoms with E-state index in [4.69, 9.17) is 4.74 Å². The molecule has 0 spiro atoms. The molecule has 0 radical (unpaired) electrons. The van der Waals surface area contributed by atoms with Gasteiger partial charge in [0.15, 0.2) is 0 Å². The Morgan fingerprint density at radius 1 is 1.24 bits per heavy atom. The van der Waals surface area contributed by atoms with Crippen LogP contribution >= 0.6 is 11.3 Å². The van der Waals surface area contributed by atoms with Crippen molar-refractivity contribution in [3.05, 3.63) is 71.0 Å². The van der Waals surface area contributed by atoms with Crippen molar-refractivity contribution in [1.82, 2.24) is 10.3 Å². The van der Waals surface area contributed by atoms with E-state index in [1.807, 2.05) is 37.3 Å². The van der Waals surface area contributed by atoms with Gasteiger partial charge in [-0.25, -0.2) is 9.37 Å². The molecule has 0 bridgehead atoms. The van der Waals surface area contributed by atoms with Gasteiger partial charge in [-0.2, -0.15) is 0 Å². The average Bonchev–Trinajstić information content (AvgIpc) is 3.11. The van der Waals surface area contributed by atoms with Gasteiger partial charge in [-0.1, -0.05) is 24.3 Å². The Morgan fingerprint density at radius 2 is 2.08 bits per heavy atom. The number of carbonyl (C=O) groups is 1. The molecule has 1 amide bonds. The first kappa shape index (κ1) is 17.1. The minimum atomic E-state index is -0.291.